The summed E-state index contributed by atoms with van der Waals surface area (Å²) in [5.41, 5.74) is 3.16. The van der Waals surface area contributed by atoms with Crippen LogP contribution in [0.5, 0.6) is 0 Å². The monoisotopic (exact) mass is 233 g/mol. The highest BCUT2D eigenvalue weighted by molar-refractivity contribution is 5.52. The fourth-order valence-corrected chi connectivity index (χ4v) is 2.41. The van der Waals surface area contributed by atoms with Crippen LogP contribution in [0.1, 0.15) is 32.3 Å². The molecule has 1 aromatic heterocycles. The number of hydrogen-bond donors (Lipinski definition) is 1. The highest BCUT2D eigenvalue weighted by Gasteiger charge is 2.26. The van der Waals surface area contributed by atoms with Crippen molar-refractivity contribution in [3.8, 4) is 0 Å². The van der Waals surface area contributed by atoms with E-state index >= 15 is 0 Å². The molecule has 3 nitrogen and oxygen atoms in total. The van der Waals surface area contributed by atoms with Crippen LogP contribution in [0.3, 0.4) is 0 Å². The maximum absolute atomic E-state index is 4.22. The van der Waals surface area contributed by atoms with Gasteiger partial charge in [-0.05, 0) is 31.4 Å². The number of anilines is 1. The smallest absolute Gasteiger partial charge is 0.0442 e. The van der Waals surface area contributed by atoms with Crippen LogP contribution in [0.25, 0.3) is 0 Å². The Labute approximate surface area is 104 Å². The van der Waals surface area contributed by atoms with Crippen molar-refractivity contribution in [2.75, 3.05) is 25.0 Å². The predicted octanol–water partition coefficient (Wildman–Crippen LogP) is 2.43. The van der Waals surface area contributed by atoms with Gasteiger partial charge in [-0.1, -0.05) is 13.8 Å². The van der Waals surface area contributed by atoms with Gasteiger partial charge in [0.1, 0.15) is 0 Å². The van der Waals surface area contributed by atoms with Gasteiger partial charge in [-0.2, -0.15) is 0 Å². The molecular weight excluding hydrogens is 210 g/mol. The summed E-state index contributed by atoms with van der Waals surface area (Å²) >= 11 is 0. The van der Waals surface area contributed by atoms with Gasteiger partial charge in [-0.15, -0.1) is 0 Å². The maximum atomic E-state index is 4.22. The van der Waals surface area contributed by atoms with E-state index in [0.717, 1.165) is 19.6 Å². The van der Waals surface area contributed by atoms with Crippen molar-refractivity contribution in [3.05, 3.63) is 24.0 Å². The first kappa shape index (κ1) is 12.4. The molecule has 17 heavy (non-hydrogen) atoms. The second-order valence-electron chi connectivity index (χ2n) is 5.69. The van der Waals surface area contributed by atoms with Gasteiger partial charge < -0.3 is 10.2 Å². The predicted molar refractivity (Wildman–Crippen MR) is 72.2 cm³/mol. The van der Waals surface area contributed by atoms with Crippen molar-refractivity contribution >= 4 is 5.69 Å². The molecule has 0 bridgehead atoms. The Morgan fingerprint density at radius 3 is 2.71 bits per heavy atom. The summed E-state index contributed by atoms with van der Waals surface area (Å²) in [6.07, 6.45) is 6.42. The van der Waals surface area contributed by atoms with Crippen molar-refractivity contribution in [3.63, 3.8) is 0 Å². The Balaban J connectivity index is 2.12. The molecule has 1 fully saturated rings. The molecule has 0 aliphatic carbocycles. The molecule has 0 unspecified atom stereocenters. The molecule has 0 spiro atoms. The van der Waals surface area contributed by atoms with Gasteiger partial charge in [0.25, 0.3) is 0 Å². The topological polar surface area (TPSA) is 28.2 Å². The van der Waals surface area contributed by atoms with Crippen molar-refractivity contribution < 1.29 is 0 Å². The lowest BCUT2D eigenvalue weighted by Crippen LogP contribution is -2.38. The minimum atomic E-state index is 0.507. The van der Waals surface area contributed by atoms with Gasteiger partial charge in [0.05, 0.1) is 0 Å². The van der Waals surface area contributed by atoms with Gasteiger partial charge in [-0.25, -0.2) is 0 Å². The van der Waals surface area contributed by atoms with Gasteiger partial charge in [0, 0.05) is 43.3 Å². The molecule has 0 aromatic carbocycles. The van der Waals surface area contributed by atoms with E-state index in [1.165, 1.54) is 24.1 Å². The Bertz CT molecular complexity index is 363. The molecule has 94 valence electrons. The van der Waals surface area contributed by atoms with E-state index in [2.05, 4.69) is 35.1 Å². The maximum Gasteiger partial charge on any atom is 0.0442 e. The molecule has 1 aromatic rings. The number of nitrogens with one attached hydrogen (secondary N) is 1. The van der Waals surface area contributed by atoms with Crippen LogP contribution in [0, 0.1) is 5.41 Å². The summed E-state index contributed by atoms with van der Waals surface area (Å²) in [6, 6.07) is 2.14. The zero-order valence-corrected chi connectivity index (χ0v) is 11.2. The van der Waals surface area contributed by atoms with Crippen LogP contribution in [0.15, 0.2) is 18.5 Å². The molecule has 1 saturated heterocycles. The molecule has 3 heteroatoms. The Kier molecular flexibility index (Phi) is 3.67. The minimum absolute atomic E-state index is 0.507. The zero-order valence-electron chi connectivity index (χ0n) is 11.2. The van der Waals surface area contributed by atoms with E-state index in [1.54, 1.807) is 0 Å². The highest BCUT2D eigenvalue weighted by atomic mass is 15.1. The Morgan fingerprint density at radius 2 is 2.06 bits per heavy atom. The molecule has 0 saturated carbocycles. The number of hydrogen-bond acceptors (Lipinski definition) is 3. The van der Waals surface area contributed by atoms with Crippen LogP contribution in [0.4, 0.5) is 5.69 Å². The summed E-state index contributed by atoms with van der Waals surface area (Å²) in [5, 5.41) is 3.21. The molecule has 2 heterocycles. The first-order valence-corrected chi connectivity index (χ1v) is 6.45. The van der Waals surface area contributed by atoms with E-state index in [9.17, 15) is 0 Å². The SMILES string of the molecule is CNCc1cnccc1N1CCC(C)(C)CC1. The lowest BCUT2D eigenvalue weighted by atomic mass is 9.82. The lowest BCUT2D eigenvalue weighted by molar-refractivity contribution is 0.279. The average molecular weight is 233 g/mol. The molecule has 0 radical (unpaired) electrons. The van der Waals surface area contributed by atoms with Crippen molar-refractivity contribution in [1.82, 2.24) is 10.3 Å². The van der Waals surface area contributed by atoms with Gasteiger partial charge >= 0.3 is 0 Å². The molecule has 1 N–H and O–H groups in total. The van der Waals surface area contributed by atoms with Crippen LogP contribution >= 0.6 is 0 Å². The second kappa shape index (κ2) is 5.05. The Morgan fingerprint density at radius 1 is 1.35 bits per heavy atom. The molecular formula is C14H23N3. The third-order valence-corrected chi connectivity index (χ3v) is 3.70. The number of nitrogens with zero attached hydrogens (tertiary/aromatic N) is 2. The summed E-state index contributed by atoms with van der Waals surface area (Å²) in [4.78, 5) is 6.72. The second-order valence-corrected chi connectivity index (χ2v) is 5.69. The number of pyridine rings is 1. The van der Waals surface area contributed by atoms with E-state index in [0.29, 0.717) is 5.41 Å². The van der Waals surface area contributed by atoms with Gasteiger partial charge in [0.2, 0.25) is 0 Å². The molecule has 1 aliphatic heterocycles. The van der Waals surface area contributed by atoms with E-state index < -0.39 is 0 Å². The minimum Gasteiger partial charge on any atom is -0.371 e. The molecule has 0 atom stereocenters. The van der Waals surface area contributed by atoms with Crippen LogP contribution < -0.4 is 10.2 Å². The first-order valence-electron chi connectivity index (χ1n) is 6.45. The average Bonchev–Trinajstić information content (AvgIpc) is 2.31. The van der Waals surface area contributed by atoms with Gasteiger partial charge in [0.15, 0.2) is 0 Å². The summed E-state index contributed by atoms with van der Waals surface area (Å²) < 4.78 is 0. The van der Waals surface area contributed by atoms with Crippen LogP contribution in [0.2, 0.25) is 0 Å². The van der Waals surface area contributed by atoms with E-state index in [-0.39, 0.29) is 0 Å². The van der Waals surface area contributed by atoms with Crippen molar-refractivity contribution in [2.24, 2.45) is 5.41 Å². The molecule has 0 amide bonds. The quantitative estimate of drug-likeness (QED) is 0.869. The third-order valence-electron chi connectivity index (χ3n) is 3.70. The third kappa shape index (κ3) is 2.97. The first-order chi connectivity index (χ1) is 8.12. The van der Waals surface area contributed by atoms with Crippen molar-refractivity contribution in [1.29, 1.82) is 0 Å². The summed E-state index contributed by atoms with van der Waals surface area (Å²) in [7, 11) is 1.98. The molecule has 2 rings (SSSR count). The summed E-state index contributed by atoms with van der Waals surface area (Å²) in [5.74, 6) is 0. The number of piperidine rings is 1. The van der Waals surface area contributed by atoms with E-state index in [1.807, 2.05) is 19.4 Å². The fourth-order valence-electron chi connectivity index (χ4n) is 2.41. The lowest BCUT2D eigenvalue weighted by Gasteiger charge is -2.38. The van der Waals surface area contributed by atoms with Crippen LogP contribution in [-0.2, 0) is 6.54 Å². The van der Waals surface area contributed by atoms with Crippen LogP contribution in [-0.4, -0.2) is 25.1 Å². The number of aromatic nitrogens is 1. The normalized spacial score (nSPS) is 19.4. The standard InChI is InChI=1S/C14H23N3/c1-14(2)5-8-17(9-6-14)13-4-7-16-11-12(13)10-15-3/h4,7,11,15H,5-6,8-10H2,1-3H3. The van der Waals surface area contributed by atoms with E-state index in [4.69, 9.17) is 0 Å². The summed E-state index contributed by atoms with van der Waals surface area (Å²) in [6.45, 7) is 7.95. The highest BCUT2D eigenvalue weighted by Crippen LogP contribution is 2.33. The molecule has 1 aliphatic rings. The largest absolute Gasteiger partial charge is 0.371 e. The van der Waals surface area contributed by atoms with Crippen molar-refractivity contribution in [2.45, 2.75) is 33.2 Å². The fraction of sp³-hybridized carbons (Fsp3) is 0.643. The number of rotatable bonds is 3. The Hall–Kier alpha value is -1.09. The van der Waals surface area contributed by atoms with Gasteiger partial charge in [-0.3, -0.25) is 4.98 Å². The zero-order chi connectivity index (χ0) is 12.3.